The molecule has 1 aromatic heterocycles. The maximum absolute atomic E-state index is 5.74. The average Bonchev–Trinajstić information content (AvgIpc) is 2.34. The van der Waals surface area contributed by atoms with Crippen molar-refractivity contribution in [2.45, 2.75) is 13.8 Å². The lowest BCUT2D eigenvalue weighted by Gasteiger charge is -2.34. The van der Waals surface area contributed by atoms with Gasteiger partial charge < -0.3 is 4.90 Å². The van der Waals surface area contributed by atoms with E-state index >= 15 is 0 Å². The molecular weight excluding hydrogens is 238 g/mol. The van der Waals surface area contributed by atoms with Crippen LogP contribution in [0.25, 0.3) is 0 Å². The quantitative estimate of drug-likeness (QED) is 0.750. The first-order chi connectivity index (χ1) is 8.20. The number of hydrogen-bond acceptors (Lipinski definition) is 5. The summed E-state index contributed by atoms with van der Waals surface area (Å²) in [5.74, 6) is 1.44. The van der Waals surface area contributed by atoms with E-state index in [4.69, 9.17) is 11.6 Å². The summed E-state index contributed by atoms with van der Waals surface area (Å²) in [6.07, 6.45) is 0. The minimum atomic E-state index is 0.696. The first-order valence-corrected chi connectivity index (χ1v) is 6.45. The van der Waals surface area contributed by atoms with Gasteiger partial charge in [0.2, 0.25) is 5.95 Å². The van der Waals surface area contributed by atoms with Crippen molar-refractivity contribution in [3.8, 4) is 0 Å². The van der Waals surface area contributed by atoms with Crippen LogP contribution in [0.15, 0.2) is 0 Å². The molecule has 1 aliphatic heterocycles. The second-order valence-corrected chi connectivity index (χ2v) is 4.68. The standard InChI is InChI=1S/C11H18ClN5/c1-9-10(2)14-15-11(13-9)17-7-5-16(4-3-12)6-8-17/h3-8H2,1-2H3. The zero-order valence-electron chi connectivity index (χ0n) is 10.4. The molecule has 6 heteroatoms. The third kappa shape index (κ3) is 3.04. The Bertz CT molecular complexity index is 376. The first kappa shape index (κ1) is 12.5. The van der Waals surface area contributed by atoms with Crippen molar-refractivity contribution >= 4 is 17.5 Å². The third-order valence-corrected chi connectivity index (χ3v) is 3.31. The van der Waals surface area contributed by atoms with E-state index in [1.165, 1.54) is 0 Å². The Morgan fingerprint density at radius 1 is 1.06 bits per heavy atom. The van der Waals surface area contributed by atoms with Gasteiger partial charge in [0.1, 0.15) is 0 Å². The number of rotatable bonds is 3. The van der Waals surface area contributed by atoms with Gasteiger partial charge in [0, 0.05) is 38.6 Å². The highest BCUT2D eigenvalue weighted by atomic mass is 35.5. The maximum Gasteiger partial charge on any atom is 0.245 e. The van der Waals surface area contributed by atoms with Crippen molar-refractivity contribution in [3.05, 3.63) is 11.4 Å². The van der Waals surface area contributed by atoms with E-state index in [-0.39, 0.29) is 0 Å². The first-order valence-electron chi connectivity index (χ1n) is 5.92. The molecule has 94 valence electrons. The van der Waals surface area contributed by atoms with E-state index < -0.39 is 0 Å². The zero-order valence-corrected chi connectivity index (χ0v) is 11.1. The molecule has 0 aromatic carbocycles. The maximum atomic E-state index is 5.74. The monoisotopic (exact) mass is 255 g/mol. The molecular formula is C11H18ClN5. The van der Waals surface area contributed by atoms with Gasteiger partial charge >= 0.3 is 0 Å². The zero-order chi connectivity index (χ0) is 12.3. The van der Waals surface area contributed by atoms with Crippen LogP contribution in [0, 0.1) is 13.8 Å². The van der Waals surface area contributed by atoms with Crippen molar-refractivity contribution < 1.29 is 0 Å². The largest absolute Gasteiger partial charge is 0.337 e. The highest BCUT2D eigenvalue weighted by Crippen LogP contribution is 2.11. The number of aromatic nitrogens is 3. The molecule has 0 radical (unpaired) electrons. The SMILES string of the molecule is Cc1nnc(N2CCN(CCCl)CC2)nc1C. The predicted octanol–water partition coefficient (Wildman–Crippen LogP) is 0.849. The van der Waals surface area contributed by atoms with Crippen LogP contribution in [-0.4, -0.2) is 58.7 Å². The molecule has 0 atom stereocenters. The number of aryl methyl sites for hydroxylation is 2. The molecule has 0 saturated carbocycles. The normalized spacial score (nSPS) is 17.5. The molecule has 0 bridgehead atoms. The predicted molar refractivity (Wildman–Crippen MR) is 68.7 cm³/mol. The van der Waals surface area contributed by atoms with Crippen molar-refractivity contribution in [3.63, 3.8) is 0 Å². The molecule has 1 saturated heterocycles. The van der Waals surface area contributed by atoms with Crippen LogP contribution in [0.5, 0.6) is 0 Å². The molecule has 1 fully saturated rings. The van der Waals surface area contributed by atoms with Gasteiger partial charge in [0.15, 0.2) is 0 Å². The summed E-state index contributed by atoms with van der Waals surface area (Å²) in [7, 11) is 0. The van der Waals surface area contributed by atoms with Gasteiger partial charge in [-0.05, 0) is 13.8 Å². The molecule has 1 aliphatic rings. The lowest BCUT2D eigenvalue weighted by Crippen LogP contribution is -2.47. The molecule has 2 heterocycles. The van der Waals surface area contributed by atoms with Crippen molar-refractivity contribution in [2.24, 2.45) is 0 Å². The van der Waals surface area contributed by atoms with E-state index in [0.29, 0.717) is 5.88 Å². The average molecular weight is 256 g/mol. The van der Waals surface area contributed by atoms with E-state index in [1.54, 1.807) is 0 Å². The van der Waals surface area contributed by atoms with Gasteiger partial charge in [-0.3, -0.25) is 4.90 Å². The van der Waals surface area contributed by atoms with Gasteiger partial charge in [0.05, 0.1) is 11.4 Å². The van der Waals surface area contributed by atoms with Gasteiger partial charge in [0.25, 0.3) is 0 Å². The van der Waals surface area contributed by atoms with Crippen LogP contribution < -0.4 is 4.90 Å². The Balaban J connectivity index is 1.98. The fraction of sp³-hybridized carbons (Fsp3) is 0.727. The van der Waals surface area contributed by atoms with Crippen molar-refractivity contribution in [2.75, 3.05) is 43.5 Å². The summed E-state index contributed by atoms with van der Waals surface area (Å²) in [6, 6.07) is 0. The number of anilines is 1. The highest BCUT2D eigenvalue weighted by Gasteiger charge is 2.19. The van der Waals surface area contributed by atoms with Crippen LogP contribution in [0.3, 0.4) is 0 Å². The van der Waals surface area contributed by atoms with Gasteiger partial charge in [-0.25, -0.2) is 4.98 Å². The van der Waals surface area contributed by atoms with Crippen molar-refractivity contribution in [1.29, 1.82) is 0 Å². The molecule has 1 aromatic rings. The summed E-state index contributed by atoms with van der Waals surface area (Å²) >= 11 is 5.74. The lowest BCUT2D eigenvalue weighted by atomic mass is 10.3. The molecule has 17 heavy (non-hydrogen) atoms. The smallest absolute Gasteiger partial charge is 0.245 e. The topological polar surface area (TPSA) is 45.2 Å². The second-order valence-electron chi connectivity index (χ2n) is 4.30. The second kappa shape index (κ2) is 5.60. The third-order valence-electron chi connectivity index (χ3n) is 3.14. The molecule has 5 nitrogen and oxygen atoms in total. The molecule has 0 aliphatic carbocycles. The Morgan fingerprint density at radius 3 is 2.35 bits per heavy atom. The van der Waals surface area contributed by atoms with Crippen molar-refractivity contribution in [1.82, 2.24) is 20.1 Å². The van der Waals surface area contributed by atoms with Gasteiger partial charge in [-0.1, -0.05) is 0 Å². The van der Waals surface area contributed by atoms with E-state index in [2.05, 4.69) is 25.0 Å². The van der Waals surface area contributed by atoms with Crippen LogP contribution in [0.1, 0.15) is 11.4 Å². The fourth-order valence-corrected chi connectivity index (χ4v) is 2.11. The Labute approximate surface area is 107 Å². The summed E-state index contributed by atoms with van der Waals surface area (Å²) in [4.78, 5) is 9.02. The number of hydrogen-bond donors (Lipinski definition) is 0. The number of halogens is 1. The minimum Gasteiger partial charge on any atom is -0.337 e. The number of nitrogens with zero attached hydrogens (tertiary/aromatic N) is 5. The van der Waals surface area contributed by atoms with E-state index in [1.807, 2.05) is 13.8 Å². The lowest BCUT2D eigenvalue weighted by molar-refractivity contribution is 0.271. The molecule has 2 rings (SSSR count). The summed E-state index contributed by atoms with van der Waals surface area (Å²) < 4.78 is 0. The summed E-state index contributed by atoms with van der Waals surface area (Å²) in [5.41, 5.74) is 1.85. The molecule has 0 amide bonds. The van der Waals surface area contributed by atoms with Gasteiger partial charge in [-0.2, -0.15) is 5.10 Å². The van der Waals surface area contributed by atoms with Crippen LogP contribution in [-0.2, 0) is 0 Å². The highest BCUT2D eigenvalue weighted by molar-refractivity contribution is 6.18. The molecule has 0 unspecified atom stereocenters. The molecule has 0 N–H and O–H groups in total. The number of alkyl halides is 1. The van der Waals surface area contributed by atoms with Gasteiger partial charge in [-0.15, -0.1) is 16.7 Å². The van der Waals surface area contributed by atoms with E-state index in [0.717, 1.165) is 50.1 Å². The summed E-state index contributed by atoms with van der Waals surface area (Å²) in [6.45, 7) is 8.78. The minimum absolute atomic E-state index is 0.696. The Morgan fingerprint density at radius 2 is 1.76 bits per heavy atom. The van der Waals surface area contributed by atoms with Crippen LogP contribution in [0.2, 0.25) is 0 Å². The van der Waals surface area contributed by atoms with Crippen LogP contribution in [0.4, 0.5) is 5.95 Å². The Kier molecular flexibility index (Phi) is 4.12. The van der Waals surface area contributed by atoms with E-state index in [9.17, 15) is 0 Å². The summed E-state index contributed by atoms with van der Waals surface area (Å²) in [5, 5.41) is 8.27. The number of piperazine rings is 1. The van der Waals surface area contributed by atoms with Crippen LogP contribution >= 0.6 is 11.6 Å². The Hall–Kier alpha value is -0.940. The fourth-order valence-electron chi connectivity index (χ4n) is 1.87. The molecule has 0 spiro atoms.